The van der Waals surface area contributed by atoms with Crippen LogP contribution in [0.25, 0.3) is 5.57 Å². The monoisotopic (exact) mass is 377 g/mol. The van der Waals surface area contributed by atoms with E-state index in [0.717, 1.165) is 48.4 Å². The van der Waals surface area contributed by atoms with Crippen LogP contribution in [0, 0.1) is 0 Å². The Morgan fingerprint density at radius 2 is 1.96 bits per heavy atom. The first-order valence-electron chi connectivity index (χ1n) is 9.79. The Hall–Kier alpha value is -2.83. The van der Waals surface area contributed by atoms with Crippen LogP contribution in [0.3, 0.4) is 0 Å². The van der Waals surface area contributed by atoms with Gasteiger partial charge in [-0.3, -0.25) is 0 Å². The van der Waals surface area contributed by atoms with E-state index in [1.165, 1.54) is 10.7 Å². The summed E-state index contributed by atoms with van der Waals surface area (Å²) in [5.41, 5.74) is 10.2. The lowest BCUT2D eigenvalue weighted by Gasteiger charge is -2.40. The lowest BCUT2D eigenvalue weighted by molar-refractivity contribution is 0.0817. The largest absolute Gasteiger partial charge is 0.482 e. The zero-order valence-corrected chi connectivity index (χ0v) is 16.2. The van der Waals surface area contributed by atoms with E-state index in [2.05, 4.69) is 40.8 Å². The number of fused-ring (bicyclic) bond motifs is 1. The molecule has 2 heterocycles. The molecule has 0 unspecified atom stereocenters. The maximum absolute atomic E-state index is 6.47. The van der Waals surface area contributed by atoms with E-state index >= 15 is 0 Å². The third-order valence-corrected chi connectivity index (χ3v) is 5.38. The summed E-state index contributed by atoms with van der Waals surface area (Å²) in [6.45, 7) is 4.42. The number of amidine groups is 1. The van der Waals surface area contributed by atoms with Crippen molar-refractivity contribution in [1.82, 2.24) is 10.4 Å². The average molecular weight is 377 g/mol. The quantitative estimate of drug-likeness (QED) is 0.330. The van der Waals surface area contributed by atoms with Crippen molar-refractivity contribution in [3.8, 4) is 5.75 Å². The van der Waals surface area contributed by atoms with Gasteiger partial charge in [-0.25, -0.2) is 11.0 Å². The number of nitrogens with two attached hydrogens (primary N) is 2. The standard InChI is InChI=1S/C22H27N5O/c1-2-27(24)26-21(23)17-7-5-6-16(14-17)19-15-22(10-12-25-13-11-22)28-20-9-4-3-8-18(19)20/h3-9,14-15,25H,2,10-13,24H2,1H3,(H2,23,26). The fourth-order valence-electron chi connectivity index (χ4n) is 3.82. The predicted octanol–water partition coefficient (Wildman–Crippen LogP) is 2.45. The molecule has 146 valence electrons. The molecule has 1 spiro atoms. The van der Waals surface area contributed by atoms with E-state index in [1.54, 1.807) is 0 Å². The van der Waals surface area contributed by atoms with Crippen LogP contribution >= 0.6 is 0 Å². The summed E-state index contributed by atoms with van der Waals surface area (Å²) in [5, 5.41) is 9.00. The fraction of sp³-hybridized carbons (Fsp3) is 0.318. The van der Waals surface area contributed by atoms with Crippen LogP contribution in [-0.2, 0) is 0 Å². The van der Waals surface area contributed by atoms with Gasteiger partial charge >= 0.3 is 0 Å². The van der Waals surface area contributed by atoms with Crippen molar-refractivity contribution in [3.05, 3.63) is 71.3 Å². The molecule has 1 saturated heterocycles. The van der Waals surface area contributed by atoms with Crippen LogP contribution in [0.2, 0.25) is 0 Å². The van der Waals surface area contributed by atoms with Crippen molar-refractivity contribution >= 4 is 11.4 Å². The van der Waals surface area contributed by atoms with Gasteiger partial charge in [-0.05, 0) is 49.4 Å². The van der Waals surface area contributed by atoms with Gasteiger partial charge in [-0.15, -0.1) is 5.10 Å². The predicted molar refractivity (Wildman–Crippen MR) is 113 cm³/mol. The van der Waals surface area contributed by atoms with Crippen LogP contribution in [0.15, 0.2) is 59.7 Å². The highest BCUT2D eigenvalue weighted by Crippen LogP contribution is 2.42. The normalized spacial score (nSPS) is 18.2. The van der Waals surface area contributed by atoms with Crippen molar-refractivity contribution in [2.24, 2.45) is 16.7 Å². The Labute approximate surface area is 165 Å². The first-order chi connectivity index (χ1) is 13.6. The Balaban J connectivity index is 1.78. The number of benzene rings is 2. The summed E-state index contributed by atoms with van der Waals surface area (Å²) >= 11 is 0. The number of para-hydroxylation sites is 1. The van der Waals surface area contributed by atoms with Gasteiger partial charge in [0.1, 0.15) is 11.4 Å². The molecule has 0 amide bonds. The van der Waals surface area contributed by atoms with Crippen molar-refractivity contribution in [2.75, 3.05) is 19.6 Å². The first-order valence-corrected chi connectivity index (χ1v) is 9.79. The minimum absolute atomic E-state index is 0.263. The molecule has 0 aromatic heterocycles. The highest BCUT2D eigenvalue weighted by molar-refractivity contribution is 5.98. The van der Waals surface area contributed by atoms with Crippen LogP contribution in [0.4, 0.5) is 0 Å². The Morgan fingerprint density at radius 1 is 1.18 bits per heavy atom. The van der Waals surface area contributed by atoms with E-state index in [-0.39, 0.29) is 5.60 Å². The van der Waals surface area contributed by atoms with Gasteiger partial charge in [0.05, 0.1) is 6.54 Å². The smallest absolute Gasteiger partial charge is 0.152 e. The molecule has 6 nitrogen and oxygen atoms in total. The molecule has 0 aliphatic carbocycles. The first kappa shape index (κ1) is 18.5. The molecule has 6 heteroatoms. The van der Waals surface area contributed by atoms with Crippen LogP contribution < -0.4 is 21.6 Å². The molecule has 4 rings (SSSR count). The number of piperidine rings is 1. The molecule has 5 N–H and O–H groups in total. The van der Waals surface area contributed by atoms with Gasteiger partial charge in [0.25, 0.3) is 0 Å². The lowest BCUT2D eigenvalue weighted by atomic mass is 9.83. The average Bonchev–Trinajstić information content (AvgIpc) is 2.73. The van der Waals surface area contributed by atoms with Gasteiger partial charge in [-0.2, -0.15) is 0 Å². The second-order valence-corrected chi connectivity index (χ2v) is 7.29. The van der Waals surface area contributed by atoms with Crippen LogP contribution in [0.5, 0.6) is 5.75 Å². The lowest BCUT2D eigenvalue weighted by Crippen LogP contribution is -2.46. The third-order valence-electron chi connectivity index (χ3n) is 5.38. The minimum Gasteiger partial charge on any atom is -0.482 e. The zero-order chi connectivity index (χ0) is 19.6. The number of hydrogen-bond acceptors (Lipinski definition) is 5. The summed E-state index contributed by atoms with van der Waals surface area (Å²) < 4.78 is 6.47. The number of hydrazine groups is 1. The van der Waals surface area contributed by atoms with Gasteiger partial charge in [0.15, 0.2) is 5.84 Å². The minimum atomic E-state index is -0.263. The summed E-state index contributed by atoms with van der Waals surface area (Å²) in [7, 11) is 0. The molecule has 0 atom stereocenters. The maximum Gasteiger partial charge on any atom is 0.152 e. The number of rotatable bonds is 4. The Morgan fingerprint density at radius 3 is 2.75 bits per heavy atom. The second kappa shape index (κ2) is 7.66. The summed E-state index contributed by atoms with van der Waals surface area (Å²) in [6, 6.07) is 16.4. The second-order valence-electron chi connectivity index (χ2n) is 7.29. The topological polar surface area (TPSA) is 88.9 Å². The SMILES string of the molecule is CCN(N)/N=C(\N)c1cccc(C2=CC3(CCNCC3)Oc3ccccc32)c1. The highest BCUT2D eigenvalue weighted by Gasteiger charge is 2.36. The van der Waals surface area contributed by atoms with Gasteiger partial charge in [-0.1, -0.05) is 36.4 Å². The Kier molecular flexibility index (Phi) is 5.07. The summed E-state index contributed by atoms with van der Waals surface area (Å²) in [5.74, 6) is 7.12. The van der Waals surface area contributed by atoms with Crippen LogP contribution in [0.1, 0.15) is 36.5 Å². The van der Waals surface area contributed by atoms with E-state index in [0.29, 0.717) is 12.4 Å². The molecular weight excluding hydrogens is 350 g/mol. The van der Waals surface area contributed by atoms with Gasteiger partial charge in [0, 0.05) is 24.0 Å². The molecule has 0 radical (unpaired) electrons. The third kappa shape index (κ3) is 3.61. The number of hydrazone groups is 1. The molecule has 2 aromatic rings. The molecule has 2 aliphatic rings. The number of nitrogens with zero attached hydrogens (tertiary/aromatic N) is 2. The molecule has 0 saturated carbocycles. The van der Waals surface area contributed by atoms with Crippen molar-refractivity contribution in [2.45, 2.75) is 25.4 Å². The molecular formula is C22H27N5O. The Bertz CT molecular complexity index is 915. The van der Waals surface area contributed by atoms with Crippen LogP contribution in [-0.4, -0.2) is 36.2 Å². The highest BCUT2D eigenvalue weighted by atomic mass is 16.5. The number of ether oxygens (including phenoxy) is 1. The summed E-state index contributed by atoms with van der Waals surface area (Å²) in [6.07, 6.45) is 4.20. The van der Waals surface area contributed by atoms with Crippen molar-refractivity contribution in [1.29, 1.82) is 0 Å². The number of hydrogen-bond donors (Lipinski definition) is 3. The molecule has 2 aromatic carbocycles. The molecule has 0 bridgehead atoms. The molecule has 28 heavy (non-hydrogen) atoms. The molecule has 1 fully saturated rings. The zero-order valence-electron chi connectivity index (χ0n) is 16.2. The van der Waals surface area contributed by atoms with E-state index < -0.39 is 0 Å². The van der Waals surface area contributed by atoms with Gasteiger partial charge in [0.2, 0.25) is 0 Å². The van der Waals surface area contributed by atoms with Crippen molar-refractivity contribution in [3.63, 3.8) is 0 Å². The van der Waals surface area contributed by atoms with Crippen molar-refractivity contribution < 1.29 is 4.74 Å². The van der Waals surface area contributed by atoms with E-state index in [1.807, 2.05) is 31.2 Å². The molecule has 2 aliphatic heterocycles. The number of nitrogens with one attached hydrogen (secondary N) is 1. The summed E-state index contributed by atoms with van der Waals surface area (Å²) in [4.78, 5) is 0. The fourth-order valence-corrected chi connectivity index (χ4v) is 3.82. The van der Waals surface area contributed by atoms with E-state index in [9.17, 15) is 0 Å². The maximum atomic E-state index is 6.47. The van der Waals surface area contributed by atoms with Gasteiger partial charge < -0.3 is 15.8 Å². The van der Waals surface area contributed by atoms with E-state index in [4.69, 9.17) is 16.3 Å².